The lowest BCUT2D eigenvalue weighted by molar-refractivity contribution is -0.152. The van der Waals surface area contributed by atoms with Gasteiger partial charge in [-0.2, -0.15) is 0 Å². The van der Waals surface area contributed by atoms with Crippen LogP contribution in [0.4, 0.5) is 10.1 Å². The highest BCUT2D eigenvalue weighted by atomic mass is 79.9. The number of benzene rings is 2. The summed E-state index contributed by atoms with van der Waals surface area (Å²) in [5.41, 5.74) is 1.03. The third-order valence-electron chi connectivity index (χ3n) is 3.35. The van der Waals surface area contributed by atoms with Gasteiger partial charge in [0.25, 0.3) is 5.91 Å². The molecular formula is C18H17BrFNO4. The first kappa shape index (κ1) is 18.9. The van der Waals surface area contributed by atoms with Gasteiger partial charge < -0.3 is 14.8 Å². The van der Waals surface area contributed by atoms with Gasteiger partial charge in [0.1, 0.15) is 0 Å². The number of ether oxygens (including phenoxy) is 2. The van der Waals surface area contributed by atoms with Gasteiger partial charge in [0.15, 0.2) is 17.7 Å². The van der Waals surface area contributed by atoms with E-state index in [1.54, 1.807) is 30.3 Å². The molecule has 5 nitrogen and oxygen atoms in total. The van der Waals surface area contributed by atoms with Crippen LogP contribution in [0, 0.1) is 5.82 Å². The maximum atomic E-state index is 13.6. The van der Waals surface area contributed by atoms with Crippen LogP contribution < -0.4 is 10.1 Å². The number of halogens is 2. The zero-order valence-electron chi connectivity index (χ0n) is 13.7. The maximum Gasteiger partial charge on any atom is 0.311 e. The number of esters is 1. The Morgan fingerprint density at radius 1 is 1.20 bits per heavy atom. The fraction of sp³-hybridized carbons (Fsp3) is 0.222. The Hall–Kier alpha value is -2.41. The Bertz CT molecular complexity index is 764. The molecule has 7 heteroatoms. The maximum absolute atomic E-state index is 13.6. The molecule has 25 heavy (non-hydrogen) atoms. The van der Waals surface area contributed by atoms with Crippen molar-refractivity contribution >= 4 is 33.5 Å². The SMILES string of the molecule is COc1ccc(CC(=O)O[C@H](C)C(=O)Nc2ccc(Br)cc2)cc1F. The highest BCUT2D eigenvalue weighted by Gasteiger charge is 2.18. The molecule has 1 atom stereocenters. The van der Waals surface area contributed by atoms with E-state index >= 15 is 0 Å². The number of rotatable bonds is 6. The molecule has 2 aromatic carbocycles. The molecule has 1 N–H and O–H groups in total. The van der Waals surface area contributed by atoms with Crippen molar-refractivity contribution in [3.63, 3.8) is 0 Å². The highest BCUT2D eigenvalue weighted by molar-refractivity contribution is 9.10. The predicted molar refractivity (Wildman–Crippen MR) is 95.0 cm³/mol. The number of anilines is 1. The minimum Gasteiger partial charge on any atom is -0.494 e. The van der Waals surface area contributed by atoms with Gasteiger partial charge in [0.05, 0.1) is 13.5 Å². The van der Waals surface area contributed by atoms with Gasteiger partial charge in [0.2, 0.25) is 0 Å². The molecule has 0 aliphatic carbocycles. The number of hydrogen-bond donors (Lipinski definition) is 1. The molecular weight excluding hydrogens is 393 g/mol. The minimum atomic E-state index is -0.973. The first-order chi connectivity index (χ1) is 11.9. The second-order valence-electron chi connectivity index (χ2n) is 5.27. The topological polar surface area (TPSA) is 64.6 Å². The van der Waals surface area contributed by atoms with E-state index in [1.807, 2.05) is 0 Å². The van der Waals surface area contributed by atoms with Gasteiger partial charge >= 0.3 is 5.97 Å². The smallest absolute Gasteiger partial charge is 0.311 e. The Labute approximate surface area is 153 Å². The van der Waals surface area contributed by atoms with Gasteiger partial charge in [0, 0.05) is 10.2 Å². The minimum absolute atomic E-state index is 0.0966. The molecule has 0 aromatic heterocycles. The van der Waals surface area contributed by atoms with E-state index in [9.17, 15) is 14.0 Å². The second-order valence-corrected chi connectivity index (χ2v) is 6.19. The highest BCUT2D eigenvalue weighted by Crippen LogP contribution is 2.18. The zero-order valence-corrected chi connectivity index (χ0v) is 15.3. The van der Waals surface area contributed by atoms with Gasteiger partial charge in [-0.05, 0) is 48.9 Å². The summed E-state index contributed by atoms with van der Waals surface area (Å²) in [6.45, 7) is 1.47. The Morgan fingerprint density at radius 2 is 1.88 bits per heavy atom. The summed E-state index contributed by atoms with van der Waals surface area (Å²) in [5.74, 6) is -1.53. The van der Waals surface area contributed by atoms with Gasteiger partial charge in [-0.1, -0.05) is 22.0 Å². The molecule has 2 aromatic rings. The van der Waals surface area contributed by atoms with Gasteiger partial charge in [-0.15, -0.1) is 0 Å². The van der Waals surface area contributed by atoms with E-state index in [-0.39, 0.29) is 12.2 Å². The first-order valence-electron chi connectivity index (χ1n) is 7.47. The van der Waals surface area contributed by atoms with Crippen LogP contribution in [0.3, 0.4) is 0 Å². The third kappa shape index (κ3) is 5.56. The standard InChI is InChI=1S/C18H17BrFNO4/c1-11(18(23)21-14-6-4-13(19)5-7-14)25-17(22)10-12-3-8-16(24-2)15(20)9-12/h3-9,11H,10H2,1-2H3,(H,21,23)/t11-/m1/s1. The average Bonchev–Trinajstić information content (AvgIpc) is 2.57. The Kier molecular flexibility index (Phi) is 6.52. The molecule has 0 spiro atoms. The van der Waals surface area contributed by atoms with Crippen LogP contribution >= 0.6 is 15.9 Å². The first-order valence-corrected chi connectivity index (χ1v) is 8.26. The fourth-order valence-corrected chi connectivity index (χ4v) is 2.32. The van der Waals surface area contributed by atoms with Crippen molar-refractivity contribution in [1.29, 1.82) is 0 Å². The molecule has 2 rings (SSSR count). The molecule has 0 bridgehead atoms. The van der Waals surface area contributed by atoms with Crippen molar-refractivity contribution in [2.45, 2.75) is 19.4 Å². The van der Waals surface area contributed by atoms with Gasteiger partial charge in [-0.25, -0.2) is 4.39 Å². The number of nitrogens with one attached hydrogen (secondary N) is 1. The summed E-state index contributed by atoms with van der Waals surface area (Å²) in [5, 5.41) is 2.65. The number of hydrogen-bond acceptors (Lipinski definition) is 4. The average molecular weight is 410 g/mol. The Morgan fingerprint density at radius 3 is 2.48 bits per heavy atom. The van der Waals surface area contributed by atoms with Crippen LogP contribution in [0.15, 0.2) is 46.9 Å². The van der Waals surface area contributed by atoms with Crippen molar-refractivity contribution in [1.82, 2.24) is 0 Å². The number of carbonyl (C=O) groups excluding carboxylic acids is 2. The van der Waals surface area contributed by atoms with Crippen LogP contribution in [0.5, 0.6) is 5.75 Å². The van der Waals surface area contributed by atoms with E-state index in [1.165, 1.54) is 26.2 Å². The molecule has 0 heterocycles. The molecule has 132 valence electrons. The van der Waals surface area contributed by atoms with E-state index < -0.39 is 23.8 Å². The normalized spacial score (nSPS) is 11.5. The molecule has 0 aliphatic rings. The quantitative estimate of drug-likeness (QED) is 0.738. The van der Waals surface area contributed by atoms with Crippen LogP contribution in [0.2, 0.25) is 0 Å². The van der Waals surface area contributed by atoms with Crippen LogP contribution in [0.25, 0.3) is 0 Å². The summed E-state index contributed by atoms with van der Waals surface area (Å²) in [7, 11) is 1.36. The lowest BCUT2D eigenvalue weighted by Crippen LogP contribution is -2.30. The number of carbonyl (C=O) groups is 2. The zero-order chi connectivity index (χ0) is 18.4. The van der Waals surface area contributed by atoms with Crippen LogP contribution in [0.1, 0.15) is 12.5 Å². The van der Waals surface area contributed by atoms with Crippen molar-refractivity contribution in [3.8, 4) is 5.75 Å². The Balaban J connectivity index is 1.89. The van der Waals surface area contributed by atoms with Crippen LogP contribution in [-0.2, 0) is 20.7 Å². The second kappa shape index (κ2) is 8.62. The third-order valence-corrected chi connectivity index (χ3v) is 3.88. The van der Waals surface area contributed by atoms with E-state index in [0.717, 1.165) is 4.47 Å². The summed E-state index contributed by atoms with van der Waals surface area (Å²) >= 11 is 3.30. The molecule has 0 radical (unpaired) electrons. The van der Waals surface area contributed by atoms with Crippen molar-refractivity contribution < 1.29 is 23.5 Å². The summed E-state index contributed by atoms with van der Waals surface area (Å²) in [4.78, 5) is 24.0. The van der Waals surface area contributed by atoms with E-state index in [0.29, 0.717) is 11.3 Å². The number of methoxy groups -OCH3 is 1. The number of amides is 1. The molecule has 0 saturated carbocycles. The van der Waals surface area contributed by atoms with Crippen molar-refractivity contribution in [2.75, 3.05) is 12.4 Å². The van der Waals surface area contributed by atoms with Crippen molar-refractivity contribution in [2.24, 2.45) is 0 Å². The van der Waals surface area contributed by atoms with Crippen molar-refractivity contribution in [3.05, 3.63) is 58.3 Å². The van der Waals surface area contributed by atoms with Gasteiger partial charge in [-0.3, -0.25) is 9.59 Å². The van der Waals surface area contributed by atoms with E-state index in [2.05, 4.69) is 21.2 Å². The summed E-state index contributed by atoms with van der Waals surface area (Å²) in [6, 6.07) is 11.2. The van der Waals surface area contributed by atoms with Crippen LogP contribution in [-0.4, -0.2) is 25.1 Å². The molecule has 0 unspecified atom stereocenters. The molecule has 1 amide bonds. The fourth-order valence-electron chi connectivity index (χ4n) is 2.06. The lowest BCUT2D eigenvalue weighted by atomic mass is 10.1. The predicted octanol–water partition coefficient (Wildman–Crippen LogP) is 3.71. The largest absolute Gasteiger partial charge is 0.494 e. The molecule has 0 aliphatic heterocycles. The molecule has 0 saturated heterocycles. The summed E-state index contributed by atoms with van der Waals surface area (Å²) in [6.07, 6.45) is -1.11. The lowest BCUT2D eigenvalue weighted by Gasteiger charge is -2.14. The molecule has 0 fully saturated rings. The van der Waals surface area contributed by atoms with E-state index in [4.69, 9.17) is 9.47 Å². The summed E-state index contributed by atoms with van der Waals surface area (Å²) < 4.78 is 24.4. The monoisotopic (exact) mass is 409 g/mol.